The first-order valence-corrected chi connectivity index (χ1v) is 9.18. The summed E-state index contributed by atoms with van der Waals surface area (Å²) in [5.41, 5.74) is 1.92. The molecule has 0 radical (unpaired) electrons. The number of carbonyl (C=O) groups is 1. The molecule has 0 saturated carbocycles. The summed E-state index contributed by atoms with van der Waals surface area (Å²) in [7, 11) is 1.53. The van der Waals surface area contributed by atoms with Crippen LogP contribution in [0.5, 0.6) is 0 Å². The molecule has 1 N–H and O–H groups in total. The SMILES string of the molecule is CC(NC(=O)c1cscn1)c1ccc(S(=O)(=O)Cl)s1. The predicted molar refractivity (Wildman–Crippen MR) is 75.4 cm³/mol. The third kappa shape index (κ3) is 3.53. The van der Waals surface area contributed by atoms with Crippen molar-refractivity contribution in [3.05, 3.63) is 33.6 Å². The van der Waals surface area contributed by atoms with Gasteiger partial charge in [0.1, 0.15) is 9.90 Å². The summed E-state index contributed by atoms with van der Waals surface area (Å²) in [6.45, 7) is 1.76. The fraction of sp³-hybridized carbons (Fsp3) is 0.200. The molecule has 1 unspecified atom stereocenters. The Labute approximate surface area is 122 Å². The van der Waals surface area contributed by atoms with Crippen LogP contribution in [0.25, 0.3) is 0 Å². The van der Waals surface area contributed by atoms with E-state index in [0.717, 1.165) is 11.3 Å². The van der Waals surface area contributed by atoms with Crippen LogP contribution in [0.3, 0.4) is 0 Å². The third-order valence-corrected chi connectivity index (χ3v) is 6.23. The normalized spacial score (nSPS) is 13.2. The molecule has 0 saturated heterocycles. The monoisotopic (exact) mass is 336 g/mol. The lowest BCUT2D eigenvalue weighted by Crippen LogP contribution is -2.26. The van der Waals surface area contributed by atoms with Crippen LogP contribution in [0.15, 0.2) is 27.2 Å². The highest BCUT2D eigenvalue weighted by Crippen LogP contribution is 2.28. The van der Waals surface area contributed by atoms with Crippen LogP contribution in [-0.2, 0) is 9.05 Å². The van der Waals surface area contributed by atoms with Crippen molar-refractivity contribution >= 4 is 48.3 Å². The van der Waals surface area contributed by atoms with Crippen molar-refractivity contribution in [3.8, 4) is 0 Å². The molecule has 9 heteroatoms. The second-order valence-corrected chi connectivity index (χ2v) is 8.29. The third-order valence-electron chi connectivity index (χ3n) is 2.28. The van der Waals surface area contributed by atoms with E-state index in [1.165, 1.54) is 17.4 Å². The molecule has 0 aromatic carbocycles. The number of carbonyl (C=O) groups excluding carboxylic acids is 1. The van der Waals surface area contributed by atoms with Gasteiger partial charge in [0.2, 0.25) is 0 Å². The van der Waals surface area contributed by atoms with Crippen LogP contribution < -0.4 is 5.32 Å². The van der Waals surface area contributed by atoms with Crippen molar-refractivity contribution in [1.82, 2.24) is 10.3 Å². The van der Waals surface area contributed by atoms with Gasteiger partial charge in [0.05, 0.1) is 11.6 Å². The molecule has 2 rings (SSSR count). The average Bonchev–Trinajstić information content (AvgIpc) is 3.00. The Morgan fingerprint density at radius 1 is 1.47 bits per heavy atom. The lowest BCUT2D eigenvalue weighted by atomic mass is 10.2. The minimum Gasteiger partial charge on any atom is -0.343 e. The molecule has 0 aliphatic rings. The highest BCUT2D eigenvalue weighted by molar-refractivity contribution is 8.15. The Balaban J connectivity index is 2.10. The summed E-state index contributed by atoms with van der Waals surface area (Å²) in [5.74, 6) is -0.294. The zero-order chi connectivity index (χ0) is 14.0. The van der Waals surface area contributed by atoms with E-state index in [-0.39, 0.29) is 16.2 Å². The average molecular weight is 337 g/mol. The zero-order valence-corrected chi connectivity index (χ0v) is 12.9. The first-order valence-electron chi connectivity index (χ1n) is 5.11. The highest BCUT2D eigenvalue weighted by Gasteiger charge is 2.18. The smallest absolute Gasteiger partial charge is 0.271 e. The van der Waals surface area contributed by atoms with E-state index in [1.807, 2.05) is 0 Å². The Kier molecular flexibility index (Phi) is 4.24. The molecule has 0 fully saturated rings. The summed E-state index contributed by atoms with van der Waals surface area (Å²) in [6.07, 6.45) is 0. The number of hydrogen-bond donors (Lipinski definition) is 1. The predicted octanol–water partition coefficient (Wildman–Crippen LogP) is 2.62. The maximum atomic E-state index is 11.8. The van der Waals surface area contributed by atoms with Crippen LogP contribution in [0, 0.1) is 0 Å². The number of halogens is 1. The topological polar surface area (TPSA) is 76.1 Å². The summed E-state index contributed by atoms with van der Waals surface area (Å²) < 4.78 is 22.4. The maximum absolute atomic E-state index is 11.8. The minimum atomic E-state index is -3.72. The second kappa shape index (κ2) is 5.58. The van der Waals surface area contributed by atoms with Crippen molar-refractivity contribution in [3.63, 3.8) is 0 Å². The number of thiazole rings is 1. The fourth-order valence-electron chi connectivity index (χ4n) is 1.36. The fourth-order valence-corrected chi connectivity index (χ4v) is 3.99. The standard InChI is InChI=1S/C10H9ClN2O3S3/c1-6(13-10(14)7-4-17-5-12-7)8-2-3-9(18-8)19(11,15)16/h2-6H,1H3,(H,13,14). The molecule has 0 aliphatic carbocycles. The van der Waals surface area contributed by atoms with Crippen molar-refractivity contribution in [2.45, 2.75) is 17.2 Å². The van der Waals surface area contributed by atoms with E-state index in [0.29, 0.717) is 10.6 Å². The van der Waals surface area contributed by atoms with E-state index in [9.17, 15) is 13.2 Å². The van der Waals surface area contributed by atoms with Crippen LogP contribution in [-0.4, -0.2) is 19.3 Å². The molecule has 1 amide bonds. The van der Waals surface area contributed by atoms with Gasteiger partial charge in [-0.25, -0.2) is 13.4 Å². The Morgan fingerprint density at radius 2 is 2.21 bits per heavy atom. The maximum Gasteiger partial charge on any atom is 0.271 e. The van der Waals surface area contributed by atoms with Gasteiger partial charge < -0.3 is 5.32 Å². The molecule has 2 aromatic rings. The number of hydrogen-bond acceptors (Lipinski definition) is 6. The molecule has 0 aliphatic heterocycles. The minimum absolute atomic E-state index is 0.0684. The number of rotatable bonds is 4. The first kappa shape index (κ1) is 14.4. The van der Waals surface area contributed by atoms with Gasteiger partial charge in [0.15, 0.2) is 0 Å². The van der Waals surface area contributed by atoms with Gasteiger partial charge in [-0.05, 0) is 19.1 Å². The second-order valence-electron chi connectivity index (χ2n) is 3.66. The highest BCUT2D eigenvalue weighted by atomic mass is 35.7. The molecule has 5 nitrogen and oxygen atoms in total. The van der Waals surface area contributed by atoms with Crippen LogP contribution >= 0.6 is 33.4 Å². The first-order chi connectivity index (χ1) is 8.88. The van der Waals surface area contributed by atoms with E-state index in [2.05, 4.69) is 10.3 Å². The number of nitrogens with zero attached hydrogens (tertiary/aromatic N) is 1. The van der Waals surface area contributed by atoms with E-state index >= 15 is 0 Å². The van der Waals surface area contributed by atoms with Gasteiger partial charge in [-0.1, -0.05) is 0 Å². The quantitative estimate of drug-likeness (QED) is 0.871. The largest absolute Gasteiger partial charge is 0.343 e. The molecular weight excluding hydrogens is 328 g/mol. The van der Waals surface area contributed by atoms with Gasteiger partial charge in [0.25, 0.3) is 15.0 Å². The Bertz CT molecular complexity index is 679. The number of thiophene rings is 1. The Hall–Kier alpha value is -0.960. The van der Waals surface area contributed by atoms with Gasteiger partial charge in [-0.15, -0.1) is 22.7 Å². The summed E-state index contributed by atoms with van der Waals surface area (Å²) in [6, 6.07) is 2.74. The van der Waals surface area contributed by atoms with Gasteiger partial charge in [0, 0.05) is 20.9 Å². The molecule has 102 valence electrons. The van der Waals surface area contributed by atoms with Gasteiger partial charge in [-0.2, -0.15) is 0 Å². The molecule has 2 heterocycles. The molecule has 2 aromatic heterocycles. The zero-order valence-electron chi connectivity index (χ0n) is 9.66. The number of amides is 1. The van der Waals surface area contributed by atoms with Gasteiger partial charge in [-0.3, -0.25) is 4.79 Å². The summed E-state index contributed by atoms with van der Waals surface area (Å²) in [5, 5.41) is 4.39. The summed E-state index contributed by atoms with van der Waals surface area (Å²) in [4.78, 5) is 16.4. The lowest BCUT2D eigenvalue weighted by Gasteiger charge is -2.10. The number of aromatic nitrogens is 1. The molecular formula is C10H9ClN2O3S3. The van der Waals surface area contributed by atoms with Crippen molar-refractivity contribution < 1.29 is 13.2 Å². The lowest BCUT2D eigenvalue weighted by molar-refractivity contribution is 0.0936. The molecule has 0 bridgehead atoms. The number of nitrogens with one attached hydrogen (secondary N) is 1. The van der Waals surface area contributed by atoms with Crippen LogP contribution in [0.2, 0.25) is 0 Å². The van der Waals surface area contributed by atoms with E-state index in [1.54, 1.807) is 23.9 Å². The molecule has 19 heavy (non-hydrogen) atoms. The Morgan fingerprint density at radius 3 is 2.74 bits per heavy atom. The van der Waals surface area contributed by atoms with E-state index < -0.39 is 9.05 Å². The van der Waals surface area contributed by atoms with Crippen molar-refractivity contribution in [1.29, 1.82) is 0 Å². The van der Waals surface area contributed by atoms with E-state index in [4.69, 9.17) is 10.7 Å². The van der Waals surface area contributed by atoms with Crippen molar-refractivity contribution in [2.75, 3.05) is 0 Å². The summed E-state index contributed by atoms with van der Waals surface area (Å²) >= 11 is 2.37. The van der Waals surface area contributed by atoms with Crippen LogP contribution in [0.1, 0.15) is 28.3 Å². The van der Waals surface area contributed by atoms with Crippen LogP contribution in [0.4, 0.5) is 0 Å². The van der Waals surface area contributed by atoms with Gasteiger partial charge >= 0.3 is 0 Å². The molecule has 1 atom stereocenters. The molecule has 0 spiro atoms. The van der Waals surface area contributed by atoms with Crippen molar-refractivity contribution in [2.24, 2.45) is 0 Å².